The molecule has 0 saturated carbocycles. The predicted octanol–water partition coefficient (Wildman–Crippen LogP) is -0.485. The molecule has 0 unspecified atom stereocenters. The fraction of sp³-hybridized carbons (Fsp3) is 0.343. The maximum Gasteiger partial charge on any atom is 0.171 e. The molecule has 0 fully saturated rings. The molecule has 0 spiro atoms. The Morgan fingerprint density at radius 1 is 0.696 bits per heavy atom. The van der Waals surface area contributed by atoms with Crippen LogP contribution in [0.25, 0.3) is 0 Å². The van der Waals surface area contributed by atoms with Gasteiger partial charge in [-0.25, -0.2) is 9.13 Å². The van der Waals surface area contributed by atoms with E-state index in [0.29, 0.717) is 13.1 Å². The number of hydrogen-bond donors (Lipinski definition) is 2. The molecule has 2 N–H and O–H groups in total. The highest BCUT2D eigenvalue weighted by atomic mass is 79.9. The highest BCUT2D eigenvalue weighted by Gasteiger charge is 2.08. The number of aromatic nitrogens is 2. The number of halogens is 2. The maximum atomic E-state index is 9.29. The maximum absolute atomic E-state index is 9.29. The van der Waals surface area contributed by atoms with E-state index in [1.807, 2.05) is 90.8 Å². The van der Waals surface area contributed by atoms with E-state index in [-0.39, 0.29) is 47.2 Å². The predicted molar refractivity (Wildman–Crippen MR) is 176 cm³/mol. The van der Waals surface area contributed by atoms with E-state index in [0.717, 1.165) is 59.8 Å². The molecule has 11 heteroatoms. The van der Waals surface area contributed by atoms with Crippen LogP contribution in [0.4, 0.5) is 22.7 Å². The first-order valence-electron chi connectivity index (χ1n) is 15.4. The number of nitrogens with zero attached hydrogens (tertiary/aromatic N) is 7. The van der Waals surface area contributed by atoms with E-state index in [4.69, 9.17) is 0 Å². The van der Waals surface area contributed by atoms with Gasteiger partial charge in [-0.3, -0.25) is 5.01 Å². The van der Waals surface area contributed by atoms with Crippen molar-refractivity contribution in [3.63, 3.8) is 0 Å². The number of unbranched alkanes of at least 4 members (excludes halogenated alkanes) is 3. The van der Waals surface area contributed by atoms with Crippen molar-refractivity contribution in [3.05, 3.63) is 109 Å². The summed E-state index contributed by atoms with van der Waals surface area (Å²) in [6, 6.07) is 24.2. The summed E-state index contributed by atoms with van der Waals surface area (Å²) in [5.74, 6) is 0. The van der Waals surface area contributed by atoms with Gasteiger partial charge in [0.15, 0.2) is 24.8 Å². The summed E-state index contributed by atoms with van der Waals surface area (Å²) in [5.41, 5.74) is 5.69. The molecule has 4 rings (SSSR count). The Hall–Kier alpha value is -3.51. The van der Waals surface area contributed by atoms with Crippen molar-refractivity contribution in [3.8, 4) is 0 Å². The van der Waals surface area contributed by atoms with Gasteiger partial charge < -0.3 is 49.1 Å². The molecule has 0 aliphatic rings. The number of anilines is 2. The SMILES string of the molecule is Cc1cc(N(CCO)CCO)ccc1N=Nc1cc[n+](CCCCCC[n+]2ccc(/C=N\N(C)c3ccccc3)cc2)cc1.[Br-].[Br-]. The molecule has 0 radical (unpaired) electrons. The second kappa shape index (κ2) is 21.3. The van der Waals surface area contributed by atoms with Gasteiger partial charge in [0.25, 0.3) is 0 Å². The number of para-hydroxylation sites is 1. The van der Waals surface area contributed by atoms with Crippen molar-refractivity contribution in [1.29, 1.82) is 0 Å². The molecule has 246 valence electrons. The van der Waals surface area contributed by atoms with Crippen LogP contribution in [0.1, 0.15) is 36.8 Å². The third kappa shape index (κ3) is 12.7. The van der Waals surface area contributed by atoms with E-state index >= 15 is 0 Å². The molecular weight excluding hydrogens is 710 g/mol. The lowest BCUT2D eigenvalue weighted by Crippen LogP contribution is -3.00. The van der Waals surface area contributed by atoms with Crippen LogP contribution in [0.15, 0.2) is 113 Å². The topological polar surface area (TPSA) is 91.8 Å². The monoisotopic (exact) mass is 753 g/mol. The first-order chi connectivity index (χ1) is 21.6. The van der Waals surface area contributed by atoms with Gasteiger partial charge in [0.2, 0.25) is 0 Å². The van der Waals surface area contributed by atoms with Gasteiger partial charge in [0.05, 0.1) is 36.5 Å². The summed E-state index contributed by atoms with van der Waals surface area (Å²) in [7, 11) is 1.95. The van der Waals surface area contributed by atoms with Gasteiger partial charge in [0, 0.05) is 68.5 Å². The van der Waals surface area contributed by atoms with E-state index in [1.54, 1.807) is 0 Å². The first-order valence-corrected chi connectivity index (χ1v) is 15.4. The first kappa shape index (κ1) is 38.7. The molecular formula is C35H45Br2N7O2. The molecule has 46 heavy (non-hydrogen) atoms. The highest BCUT2D eigenvalue weighted by molar-refractivity contribution is 5.79. The van der Waals surface area contributed by atoms with E-state index in [1.165, 1.54) is 12.8 Å². The van der Waals surface area contributed by atoms with Crippen LogP contribution in [0.2, 0.25) is 0 Å². The van der Waals surface area contributed by atoms with Gasteiger partial charge in [-0.1, -0.05) is 18.2 Å². The summed E-state index contributed by atoms with van der Waals surface area (Å²) in [5, 5.41) is 33.8. The smallest absolute Gasteiger partial charge is 0.171 e. The van der Waals surface area contributed by atoms with Crippen LogP contribution >= 0.6 is 0 Å². The summed E-state index contributed by atoms with van der Waals surface area (Å²) in [4.78, 5) is 1.95. The Labute approximate surface area is 294 Å². The average Bonchev–Trinajstić information content (AvgIpc) is 3.06. The van der Waals surface area contributed by atoms with Crippen molar-refractivity contribution < 1.29 is 53.3 Å². The number of hydrogen-bond acceptors (Lipinski definition) is 7. The number of benzene rings is 2. The van der Waals surface area contributed by atoms with Crippen molar-refractivity contribution in [1.82, 2.24) is 0 Å². The van der Waals surface area contributed by atoms with Gasteiger partial charge in [-0.15, -0.1) is 0 Å². The minimum atomic E-state index is 0. The molecule has 0 aliphatic carbocycles. The number of aliphatic hydroxyl groups excluding tert-OH is 2. The Kier molecular flexibility index (Phi) is 17.9. The zero-order valence-corrected chi connectivity index (χ0v) is 29.8. The number of azo groups is 1. The van der Waals surface area contributed by atoms with Crippen LogP contribution in [0, 0.1) is 6.92 Å². The molecule has 2 heterocycles. The second-order valence-corrected chi connectivity index (χ2v) is 10.8. The summed E-state index contributed by atoms with van der Waals surface area (Å²) < 4.78 is 4.43. The molecule has 0 bridgehead atoms. The quantitative estimate of drug-likeness (QED) is 0.0502. The molecule has 2 aromatic heterocycles. The summed E-state index contributed by atoms with van der Waals surface area (Å²) >= 11 is 0. The van der Waals surface area contributed by atoms with Crippen LogP contribution in [-0.2, 0) is 13.1 Å². The van der Waals surface area contributed by atoms with E-state index in [2.05, 4.69) is 61.4 Å². The largest absolute Gasteiger partial charge is 1.00 e. The highest BCUT2D eigenvalue weighted by Crippen LogP contribution is 2.26. The number of pyridine rings is 2. The molecule has 0 saturated heterocycles. The Bertz CT molecular complexity index is 1470. The van der Waals surface area contributed by atoms with E-state index in [9.17, 15) is 10.2 Å². The zero-order chi connectivity index (χ0) is 31.0. The molecule has 0 amide bonds. The number of rotatable bonds is 17. The Morgan fingerprint density at radius 3 is 1.85 bits per heavy atom. The van der Waals surface area contributed by atoms with E-state index < -0.39 is 0 Å². The van der Waals surface area contributed by atoms with Crippen molar-refractivity contribution in [2.45, 2.75) is 45.7 Å². The zero-order valence-electron chi connectivity index (χ0n) is 26.7. The number of aryl methyl sites for hydroxylation is 3. The van der Waals surface area contributed by atoms with Crippen molar-refractivity contribution in [2.75, 3.05) is 43.3 Å². The summed E-state index contributed by atoms with van der Waals surface area (Å²) in [6.07, 6.45) is 14.9. The summed E-state index contributed by atoms with van der Waals surface area (Å²) in [6.45, 7) is 5.01. The van der Waals surface area contributed by atoms with Crippen LogP contribution < -0.4 is 53.0 Å². The second-order valence-electron chi connectivity index (χ2n) is 10.8. The van der Waals surface area contributed by atoms with Crippen molar-refractivity contribution in [2.24, 2.45) is 15.3 Å². The number of aliphatic hydroxyl groups is 2. The van der Waals surface area contributed by atoms with Gasteiger partial charge >= 0.3 is 0 Å². The fourth-order valence-electron chi connectivity index (χ4n) is 4.85. The lowest BCUT2D eigenvalue weighted by molar-refractivity contribution is -0.698. The molecule has 2 aromatic carbocycles. The molecule has 9 nitrogen and oxygen atoms in total. The normalized spacial score (nSPS) is 11.0. The molecule has 4 aromatic rings. The third-order valence-electron chi connectivity index (χ3n) is 7.44. The third-order valence-corrected chi connectivity index (χ3v) is 7.44. The molecule has 0 aliphatic heterocycles. The minimum Gasteiger partial charge on any atom is -1.00 e. The van der Waals surface area contributed by atoms with Gasteiger partial charge in [0.1, 0.15) is 13.1 Å². The number of hydrazone groups is 1. The fourth-order valence-corrected chi connectivity index (χ4v) is 4.85. The molecule has 0 atom stereocenters. The lowest BCUT2D eigenvalue weighted by Gasteiger charge is -2.23. The van der Waals surface area contributed by atoms with Crippen LogP contribution in [-0.4, -0.2) is 49.8 Å². The van der Waals surface area contributed by atoms with Gasteiger partial charge in [-0.05, 0) is 55.7 Å². The lowest BCUT2D eigenvalue weighted by atomic mass is 10.1. The minimum absolute atomic E-state index is 0. The Morgan fingerprint density at radius 2 is 1.28 bits per heavy atom. The van der Waals surface area contributed by atoms with Crippen LogP contribution in [0.3, 0.4) is 0 Å². The van der Waals surface area contributed by atoms with Gasteiger partial charge in [-0.2, -0.15) is 15.3 Å². The Balaban J connectivity index is 0.00000368. The standard InChI is InChI=1S/C35H45N7O2.2BrH/c1-30-28-34(42(24-26-43)25-27-44)12-13-35(30)38-37-32-16-22-41(23-17-32)19-9-4-3-8-18-40-20-14-31(15-21-40)29-36-39(2)33-10-6-5-7-11-33;;/h5-7,10-17,20-23,28-29,43-44H,3-4,8-9,18-19,24-27H2,1-2H3;2*1H/q+2;;/p-2. The van der Waals surface area contributed by atoms with Crippen LogP contribution in [0.5, 0.6) is 0 Å². The van der Waals surface area contributed by atoms with Crippen molar-refractivity contribution >= 4 is 29.0 Å². The average molecular weight is 756 g/mol.